The molecule has 1 heterocycles. The van der Waals surface area contributed by atoms with Crippen molar-refractivity contribution in [1.82, 2.24) is 4.98 Å². The van der Waals surface area contributed by atoms with Gasteiger partial charge in [-0.3, -0.25) is 0 Å². The van der Waals surface area contributed by atoms with Gasteiger partial charge in [-0.2, -0.15) is 18.4 Å². The molecule has 0 radical (unpaired) electrons. The van der Waals surface area contributed by atoms with Gasteiger partial charge in [0.25, 0.3) is 6.43 Å². The molecule has 0 spiro atoms. The van der Waals surface area contributed by atoms with Gasteiger partial charge in [-0.05, 0) is 6.07 Å². The first-order chi connectivity index (χ1) is 7.77. The fourth-order valence-electron chi connectivity index (χ4n) is 1.12. The van der Waals surface area contributed by atoms with E-state index in [-0.39, 0.29) is 5.69 Å². The monoisotopic (exact) mass is 270 g/mol. The zero-order valence-electron chi connectivity index (χ0n) is 8.02. The van der Waals surface area contributed by atoms with E-state index in [0.29, 0.717) is 6.07 Å². The van der Waals surface area contributed by atoms with E-state index in [0.717, 1.165) is 0 Å². The van der Waals surface area contributed by atoms with Crippen LogP contribution in [0.1, 0.15) is 23.4 Å². The van der Waals surface area contributed by atoms with Gasteiger partial charge in [-0.15, -0.1) is 0 Å². The van der Waals surface area contributed by atoms with E-state index in [2.05, 4.69) is 4.98 Å². The standard InChI is InChI=1S/C9H4ClF5N2/c10-6-5(8(11)12)3-4(1-2-16)17-7(6)9(13,14)15/h3,8H,1H2. The number of alkyl halides is 5. The Labute approximate surface area is 97.6 Å². The van der Waals surface area contributed by atoms with Gasteiger partial charge in [-0.25, -0.2) is 13.8 Å². The number of nitrogens with zero attached hydrogens (tertiary/aromatic N) is 2. The number of pyridine rings is 1. The lowest BCUT2D eigenvalue weighted by Crippen LogP contribution is -2.12. The summed E-state index contributed by atoms with van der Waals surface area (Å²) < 4.78 is 62.2. The fraction of sp³-hybridized carbons (Fsp3) is 0.333. The van der Waals surface area contributed by atoms with Gasteiger partial charge in [0.1, 0.15) is 0 Å². The van der Waals surface area contributed by atoms with Gasteiger partial charge < -0.3 is 0 Å². The molecular weight excluding hydrogens is 267 g/mol. The first-order valence-corrected chi connectivity index (χ1v) is 4.56. The van der Waals surface area contributed by atoms with Crippen molar-refractivity contribution in [2.24, 2.45) is 0 Å². The smallest absolute Gasteiger partial charge is 0.246 e. The topological polar surface area (TPSA) is 36.7 Å². The molecule has 0 aliphatic carbocycles. The Kier molecular flexibility index (Phi) is 3.88. The minimum atomic E-state index is -4.94. The third-order valence-corrected chi connectivity index (χ3v) is 2.20. The van der Waals surface area contributed by atoms with Crippen molar-refractivity contribution in [3.8, 4) is 6.07 Å². The van der Waals surface area contributed by atoms with Crippen LogP contribution in [0.15, 0.2) is 6.07 Å². The molecule has 0 unspecified atom stereocenters. The summed E-state index contributed by atoms with van der Waals surface area (Å²) in [4.78, 5) is 3.06. The first-order valence-electron chi connectivity index (χ1n) is 4.19. The maximum Gasteiger partial charge on any atom is 0.434 e. The molecule has 0 bridgehead atoms. The predicted molar refractivity (Wildman–Crippen MR) is 48.5 cm³/mol. The van der Waals surface area contributed by atoms with E-state index >= 15 is 0 Å². The van der Waals surface area contributed by atoms with Crippen molar-refractivity contribution in [2.75, 3.05) is 0 Å². The summed E-state index contributed by atoms with van der Waals surface area (Å²) in [6.45, 7) is 0. The summed E-state index contributed by atoms with van der Waals surface area (Å²) in [5, 5.41) is 7.19. The molecule has 2 nitrogen and oxygen atoms in total. The lowest BCUT2D eigenvalue weighted by atomic mass is 10.1. The van der Waals surface area contributed by atoms with Crippen molar-refractivity contribution in [3.05, 3.63) is 28.0 Å². The Bertz CT molecular complexity index is 464. The molecule has 0 N–H and O–H groups in total. The SMILES string of the molecule is N#CCc1cc(C(F)F)c(Cl)c(C(F)(F)F)n1. The lowest BCUT2D eigenvalue weighted by Gasteiger charge is -2.12. The molecule has 0 aromatic carbocycles. The second-order valence-electron chi connectivity index (χ2n) is 3.00. The van der Waals surface area contributed by atoms with Crippen molar-refractivity contribution in [1.29, 1.82) is 5.26 Å². The van der Waals surface area contributed by atoms with Crippen LogP contribution in [-0.4, -0.2) is 4.98 Å². The van der Waals surface area contributed by atoms with Crippen molar-refractivity contribution < 1.29 is 22.0 Å². The van der Waals surface area contributed by atoms with Crippen molar-refractivity contribution >= 4 is 11.6 Å². The predicted octanol–water partition coefficient (Wildman–Crippen LogP) is 3.76. The summed E-state index contributed by atoms with van der Waals surface area (Å²) in [5.41, 5.74) is -2.96. The van der Waals surface area contributed by atoms with Gasteiger partial charge in [0.05, 0.1) is 23.2 Å². The number of rotatable bonds is 2. The first kappa shape index (κ1) is 13.6. The fourth-order valence-corrected chi connectivity index (χ4v) is 1.41. The second-order valence-corrected chi connectivity index (χ2v) is 3.38. The Morgan fingerprint density at radius 2 is 2.00 bits per heavy atom. The van der Waals surface area contributed by atoms with Crippen LogP contribution in [0.5, 0.6) is 0 Å². The van der Waals surface area contributed by atoms with Gasteiger partial charge in [0.15, 0.2) is 5.69 Å². The van der Waals surface area contributed by atoms with E-state index in [1.165, 1.54) is 6.07 Å². The molecular formula is C9H4ClF5N2. The molecule has 0 aliphatic heterocycles. The van der Waals surface area contributed by atoms with Crippen LogP contribution < -0.4 is 0 Å². The average Bonchev–Trinajstić information content (AvgIpc) is 2.18. The number of halogens is 6. The summed E-state index contributed by atoms with van der Waals surface area (Å²) in [5.74, 6) is 0. The van der Waals surface area contributed by atoms with Gasteiger partial charge in [-0.1, -0.05) is 11.6 Å². The molecule has 1 rings (SSSR count). The zero-order chi connectivity index (χ0) is 13.2. The van der Waals surface area contributed by atoms with E-state index in [1.807, 2.05) is 0 Å². The number of aromatic nitrogens is 1. The minimum Gasteiger partial charge on any atom is -0.246 e. The number of hydrogen-bond donors (Lipinski definition) is 0. The lowest BCUT2D eigenvalue weighted by molar-refractivity contribution is -0.141. The van der Waals surface area contributed by atoms with E-state index in [4.69, 9.17) is 16.9 Å². The average molecular weight is 271 g/mol. The van der Waals surface area contributed by atoms with E-state index < -0.39 is 35.3 Å². The zero-order valence-corrected chi connectivity index (χ0v) is 8.78. The molecule has 0 aliphatic rings. The van der Waals surface area contributed by atoms with E-state index in [9.17, 15) is 22.0 Å². The molecule has 0 atom stereocenters. The van der Waals surface area contributed by atoms with Crippen LogP contribution in [0.25, 0.3) is 0 Å². The van der Waals surface area contributed by atoms with Crippen LogP contribution >= 0.6 is 11.6 Å². The van der Waals surface area contributed by atoms with Crippen LogP contribution in [0.4, 0.5) is 22.0 Å². The molecule has 0 saturated carbocycles. The highest BCUT2D eigenvalue weighted by molar-refractivity contribution is 6.32. The van der Waals surface area contributed by atoms with E-state index in [1.54, 1.807) is 0 Å². The largest absolute Gasteiger partial charge is 0.434 e. The molecule has 0 saturated heterocycles. The highest BCUT2D eigenvalue weighted by Crippen LogP contribution is 2.38. The summed E-state index contributed by atoms with van der Waals surface area (Å²) in [7, 11) is 0. The van der Waals surface area contributed by atoms with Crippen LogP contribution in [0, 0.1) is 11.3 Å². The summed E-state index contributed by atoms with van der Waals surface area (Å²) in [6.07, 6.45) is -8.60. The molecule has 1 aromatic heterocycles. The maximum atomic E-state index is 12.5. The third-order valence-electron chi connectivity index (χ3n) is 1.80. The number of nitriles is 1. The molecule has 8 heteroatoms. The Balaban J connectivity index is 3.44. The van der Waals surface area contributed by atoms with Gasteiger partial charge >= 0.3 is 6.18 Å². The van der Waals surface area contributed by atoms with Crippen molar-refractivity contribution in [2.45, 2.75) is 19.0 Å². The normalized spacial score (nSPS) is 11.6. The Hall–Kier alpha value is -1.42. The third kappa shape index (κ3) is 3.03. The molecule has 17 heavy (non-hydrogen) atoms. The molecule has 92 valence electrons. The van der Waals surface area contributed by atoms with Crippen LogP contribution in [0.3, 0.4) is 0 Å². The summed E-state index contributed by atoms with van der Waals surface area (Å²) >= 11 is 5.22. The van der Waals surface area contributed by atoms with Crippen molar-refractivity contribution in [3.63, 3.8) is 0 Å². The molecule has 0 amide bonds. The number of hydrogen-bond acceptors (Lipinski definition) is 2. The Morgan fingerprint density at radius 3 is 2.41 bits per heavy atom. The maximum absolute atomic E-state index is 12.5. The molecule has 1 aromatic rings. The summed E-state index contributed by atoms with van der Waals surface area (Å²) in [6, 6.07) is 2.23. The highest BCUT2D eigenvalue weighted by Gasteiger charge is 2.37. The second kappa shape index (κ2) is 4.84. The van der Waals surface area contributed by atoms with Crippen LogP contribution in [0.2, 0.25) is 5.02 Å². The Morgan fingerprint density at radius 1 is 1.41 bits per heavy atom. The highest BCUT2D eigenvalue weighted by atomic mass is 35.5. The molecule has 0 fully saturated rings. The van der Waals surface area contributed by atoms with Gasteiger partial charge in [0.2, 0.25) is 0 Å². The minimum absolute atomic E-state index is 0.389. The van der Waals surface area contributed by atoms with Gasteiger partial charge in [0, 0.05) is 5.56 Å². The quantitative estimate of drug-likeness (QED) is 0.767. The van der Waals surface area contributed by atoms with Crippen LogP contribution in [-0.2, 0) is 12.6 Å².